The van der Waals surface area contributed by atoms with Gasteiger partial charge in [0.15, 0.2) is 6.20 Å². The summed E-state index contributed by atoms with van der Waals surface area (Å²) in [5.74, 6) is 0. The van der Waals surface area contributed by atoms with Crippen molar-refractivity contribution >= 4 is 10.9 Å². The van der Waals surface area contributed by atoms with Gasteiger partial charge in [0.1, 0.15) is 0 Å². The fourth-order valence-electron chi connectivity index (χ4n) is 1.31. The van der Waals surface area contributed by atoms with E-state index in [2.05, 4.69) is 0 Å². The van der Waals surface area contributed by atoms with Crippen LogP contribution in [0.15, 0.2) is 36.5 Å². The van der Waals surface area contributed by atoms with Crippen molar-refractivity contribution in [3.05, 3.63) is 47.3 Å². The van der Waals surface area contributed by atoms with E-state index in [0.717, 1.165) is 15.6 Å². The third-order valence-corrected chi connectivity index (χ3v) is 1.92. The van der Waals surface area contributed by atoms with Gasteiger partial charge < -0.3 is 5.21 Å². The molecule has 1 aromatic carbocycles. The van der Waals surface area contributed by atoms with Crippen molar-refractivity contribution in [1.82, 2.24) is 0 Å². The molecule has 0 aliphatic rings. The molecule has 0 aliphatic carbocycles. The average molecular weight is 159 g/mol. The Labute approximate surface area is 70.7 Å². The number of rotatable bonds is 0. The van der Waals surface area contributed by atoms with Crippen LogP contribution in [0.5, 0.6) is 0 Å². The molecule has 0 aliphatic heterocycles. The molecule has 0 bridgehead atoms. The van der Waals surface area contributed by atoms with Gasteiger partial charge in [0, 0.05) is 17.5 Å². The van der Waals surface area contributed by atoms with Gasteiger partial charge in [-0.25, -0.2) is 0 Å². The number of nitrogens with zero attached hydrogens (tertiary/aromatic N) is 1. The molecule has 0 atom stereocenters. The van der Waals surface area contributed by atoms with Crippen LogP contribution < -0.4 is 4.73 Å². The maximum absolute atomic E-state index is 11.2. The lowest BCUT2D eigenvalue weighted by Crippen LogP contribution is -2.25. The fraction of sp³-hybridized carbons (Fsp3) is 0.100. The summed E-state index contributed by atoms with van der Waals surface area (Å²) < 4.78 is 0.884. The van der Waals surface area contributed by atoms with E-state index in [1.54, 1.807) is 6.07 Å². The van der Waals surface area contributed by atoms with Crippen LogP contribution >= 0.6 is 0 Å². The summed E-state index contributed by atoms with van der Waals surface area (Å²) in [5.41, 5.74) is 1.90. The highest BCUT2D eigenvalue weighted by Gasteiger charge is 2.00. The Morgan fingerprint density at radius 2 is 2.08 bits per heavy atom. The summed E-state index contributed by atoms with van der Waals surface area (Å²) in [4.78, 5) is 0. The first-order valence-electron chi connectivity index (χ1n) is 3.86. The summed E-state index contributed by atoms with van der Waals surface area (Å²) >= 11 is 0. The Morgan fingerprint density at radius 1 is 1.25 bits per heavy atom. The lowest BCUT2D eigenvalue weighted by molar-refractivity contribution is -0.577. The SMILES string of the molecule is Cc1ccc2c(ccc[n+]2[O-])c1. The van der Waals surface area contributed by atoms with Crippen LogP contribution in [0.1, 0.15) is 5.56 Å². The van der Waals surface area contributed by atoms with Crippen LogP contribution in [-0.4, -0.2) is 0 Å². The van der Waals surface area contributed by atoms with Crippen LogP contribution in [0.3, 0.4) is 0 Å². The van der Waals surface area contributed by atoms with E-state index in [-0.39, 0.29) is 0 Å². The predicted octanol–water partition coefficient (Wildman–Crippen LogP) is 1.78. The van der Waals surface area contributed by atoms with Crippen LogP contribution in [0.4, 0.5) is 0 Å². The van der Waals surface area contributed by atoms with Gasteiger partial charge in [-0.15, -0.1) is 0 Å². The lowest BCUT2D eigenvalue weighted by atomic mass is 10.1. The van der Waals surface area contributed by atoms with Crippen molar-refractivity contribution in [2.45, 2.75) is 6.92 Å². The Kier molecular flexibility index (Phi) is 1.47. The second-order valence-electron chi connectivity index (χ2n) is 2.90. The number of aryl methyl sites for hydroxylation is 1. The smallest absolute Gasteiger partial charge is 0.223 e. The third kappa shape index (κ3) is 1.01. The minimum Gasteiger partial charge on any atom is -0.618 e. The van der Waals surface area contributed by atoms with E-state index in [1.807, 2.05) is 31.2 Å². The second kappa shape index (κ2) is 2.48. The number of hydrogen-bond donors (Lipinski definition) is 0. The fourth-order valence-corrected chi connectivity index (χ4v) is 1.31. The zero-order chi connectivity index (χ0) is 8.55. The van der Waals surface area contributed by atoms with E-state index in [9.17, 15) is 5.21 Å². The van der Waals surface area contributed by atoms with E-state index >= 15 is 0 Å². The first-order valence-corrected chi connectivity index (χ1v) is 3.86. The van der Waals surface area contributed by atoms with E-state index in [4.69, 9.17) is 0 Å². The molecule has 0 spiro atoms. The number of pyridine rings is 1. The first-order chi connectivity index (χ1) is 5.77. The molecule has 0 amide bonds. The van der Waals surface area contributed by atoms with Gasteiger partial charge in [0.05, 0.1) is 0 Å². The second-order valence-corrected chi connectivity index (χ2v) is 2.90. The normalized spacial score (nSPS) is 10.4. The molecule has 2 rings (SSSR count). The maximum atomic E-state index is 11.2. The number of benzene rings is 1. The Bertz CT molecular complexity index is 423. The highest BCUT2D eigenvalue weighted by atomic mass is 16.5. The number of aromatic nitrogens is 1. The van der Waals surface area contributed by atoms with Gasteiger partial charge in [0.2, 0.25) is 5.52 Å². The topological polar surface area (TPSA) is 26.9 Å². The zero-order valence-corrected chi connectivity index (χ0v) is 6.82. The third-order valence-electron chi connectivity index (χ3n) is 1.92. The van der Waals surface area contributed by atoms with Crippen molar-refractivity contribution < 1.29 is 4.73 Å². The predicted molar refractivity (Wildman–Crippen MR) is 47.6 cm³/mol. The van der Waals surface area contributed by atoms with E-state index in [1.165, 1.54) is 11.8 Å². The Hall–Kier alpha value is -1.57. The summed E-state index contributed by atoms with van der Waals surface area (Å²) in [5, 5.41) is 12.2. The molecule has 1 aromatic heterocycles. The molecule has 12 heavy (non-hydrogen) atoms. The van der Waals surface area contributed by atoms with Gasteiger partial charge in [-0.1, -0.05) is 11.6 Å². The van der Waals surface area contributed by atoms with E-state index < -0.39 is 0 Å². The lowest BCUT2D eigenvalue weighted by Gasteiger charge is -2.00. The number of hydrogen-bond acceptors (Lipinski definition) is 1. The van der Waals surface area contributed by atoms with Gasteiger partial charge in [0.25, 0.3) is 0 Å². The van der Waals surface area contributed by atoms with Crippen LogP contribution in [0, 0.1) is 12.1 Å². The van der Waals surface area contributed by atoms with Crippen molar-refractivity contribution in [2.75, 3.05) is 0 Å². The monoisotopic (exact) mass is 159 g/mol. The molecular formula is C10H9NO. The first kappa shape index (κ1) is 7.10. The van der Waals surface area contributed by atoms with Crippen LogP contribution in [0.2, 0.25) is 0 Å². The minimum absolute atomic E-state index is 0.725. The summed E-state index contributed by atoms with van der Waals surface area (Å²) in [6, 6.07) is 9.49. The van der Waals surface area contributed by atoms with Crippen molar-refractivity contribution in [3.63, 3.8) is 0 Å². The van der Waals surface area contributed by atoms with Crippen LogP contribution in [0.25, 0.3) is 10.9 Å². The zero-order valence-electron chi connectivity index (χ0n) is 6.82. The van der Waals surface area contributed by atoms with Gasteiger partial charge in [-0.3, -0.25) is 0 Å². The summed E-state index contributed by atoms with van der Waals surface area (Å²) in [6.45, 7) is 2.02. The molecule has 0 fully saturated rings. The number of fused-ring (bicyclic) bond motifs is 1. The molecule has 0 unspecified atom stereocenters. The average Bonchev–Trinajstić information content (AvgIpc) is 2.04. The van der Waals surface area contributed by atoms with Gasteiger partial charge in [-0.05, 0) is 19.1 Å². The Morgan fingerprint density at radius 3 is 2.92 bits per heavy atom. The molecule has 0 saturated heterocycles. The van der Waals surface area contributed by atoms with E-state index in [0.29, 0.717) is 0 Å². The summed E-state index contributed by atoms with van der Waals surface area (Å²) in [7, 11) is 0. The van der Waals surface area contributed by atoms with Crippen molar-refractivity contribution in [2.24, 2.45) is 0 Å². The molecule has 2 nitrogen and oxygen atoms in total. The van der Waals surface area contributed by atoms with Crippen LogP contribution in [-0.2, 0) is 0 Å². The van der Waals surface area contributed by atoms with Gasteiger partial charge in [-0.2, -0.15) is 4.73 Å². The molecule has 60 valence electrons. The minimum atomic E-state index is 0.725. The van der Waals surface area contributed by atoms with Crippen molar-refractivity contribution in [1.29, 1.82) is 0 Å². The largest absolute Gasteiger partial charge is 0.618 e. The maximum Gasteiger partial charge on any atom is 0.223 e. The molecule has 0 N–H and O–H groups in total. The molecule has 0 radical (unpaired) electrons. The highest BCUT2D eigenvalue weighted by molar-refractivity contribution is 5.76. The van der Waals surface area contributed by atoms with Gasteiger partial charge >= 0.3 is 0 Å². The standard InChI is InChI=1S/C10H9NO/c1-8-4-5-10-9(7-8)3-2-6-11(10)12/h2-7H,1H3. The Balaban J connectivity index is 2.86. The van der Waals surface area contributed by atoms with Crippen molar-refractivity contribution in [3.8, 4) is 0 Å². The molecule has 2 heteroatoms. The molecule has 1 heterocycles. The molecular weight excluding hydrogens is 150 g/mol. The quantitative estimate of drug-likeness (QED) is 0.425. The molecule has 0 saturated carbocycles. The molecule has 2 aromatic rings. The highest BCUT2D eigenvalue weighted by Crippen LogP contribution is 2.10. The summed E-state index contributed by atoms with van der Waals surface area (Å²) in [6.07, 6.45) is 1.51.